The van der Waals surface area contributed by atoms with Crippen molar-refractivity contribution < 1.29 is 9.84 Å². The Morgan fingerprint density at radius 2 is 2.05 bits per heavy atom. The molecule has 0 spiro atoms. The fraction of sp³-hybridized carbons (Fsp3) is 0.625. The van der Waals surface area contributed by atoms with Crippen LogP contribution >= 0.6 is 11.6 Å². The maximum Gasteiger partial charge on any atom is 0.142 e. The van der Waals surface area contributed by atoms with Crippen LogP contribution in [0.1, 0.15) is 44.6 Å². The van der Waals surface area contributed by atoms with Gasteiger partial charge in [-0.15, -0.1) is 0 Å². The van der Waals surface area contributed by atoms with Crippen molar-refractivity contribution in [2.24, 2.45) is 0 Å². The Kier molecular flexibility index (Phi) is 5.70. The Morgan fingerprint density at radius 3 is 2.75 bits per heavy atom. The Labute approximate surface area is 126 Å². The van der Waals surface area contributed by atoms with E-state index in [2.05, 4.69) is 12.2 Å². The van der Waals surface area contributed by atoms with E-state index in [0.717, 1.165) is 44.3 Å². The minimum atomic E-state index is -0.688. The quantitative estimate of drug-likeness (QED) is 0.844. The van der Waals surface area contributed by atoms with Gasteiger partial charge in [0.1, 0.15) is 12.4 Å². The first-order valence-electron chi connectivity index (χ1n) is 7.48. The van der Waals surface area contributed by atoms with Gasteiger partial charge in [0, 0.05) is 12.1 Å². The smallest absolute Gasteiger partial charge is 0.142 e. The van der Waals surface area contributed by atoms with Gasteiger partial charge in [-0.25, -0.2) is 0 Å². The largest absolute Gasteiger partial charge is 0.489 e. The number of benzene rings is 1. The van der Waals surface area contributed by atoms with Crippen molar-refractivity contribution >= 4 is 11.6 Å². The van der Waals surface area contributed by atoms with Crippen molar-refractivity contribution in [2.45, 2.75) is 51.2 Å². The lowest BCUT2D eigenvalue weighted by molar-refractivity contribution is -0.0340. The van der Waals surface area contributed by atoms with Gasteiger partial charge in [-0.2, -0.15) is 0 Å². The molecule has 2 rings (SSSR count). The SMILES string of the molecule is CCNCc1cccc(Cl)c1OCC1(O)CCCCC1. The minimum Gasteiger partial charge on any atom is -0.489 e. The molecule has 0 bridgehead atoms. The zero-order chi connectivity index (χ0) is 14.4. The zero-order valence-corrected chi connectivity index (χ0v) is 12.9. The van der Waals surface area contributed by atoms with E-state index < -0.39 is 5.60 Å². The van der Waals surface area contributed by atoms with Crippen molar-refractivity contribution in [3.05, 3.63) is 28.8 Å². The van der Waals surface area contributed by atoms with Crippen LogP contribution in [0.3, 0.4) is 0 Å². The van der Waals surface area contributed by atoms with Gasteiger partial charge in [-0.1, -0.05) is 49.9 Å². The molecule has 20 heavy (non-hydrogen) atoms. The van der Waals surface area contributed by atoms with Gasteiger partial charge < -0.3 is 15.2 Å². The molecule has 1 aromatic rings. The predicted molar refractivity (Wildman–Crippen MR) is 82.4 cm³/mol. The fourth-order valence-corrected chi connectivity index (χ4v) is 2.92. The molecular formula is C16H24ClNO2. The summed E-state index contributed by atoms with van der Waals surface area (Å²) in [4.78, 5) is 0. The molecule has 2 N–H and O–H groups in total. The van der Waals surface area contributed by atoms with E-state index in [-0.39, 0.29) is 0 Å². The second kappa shape index (κ2) is 7.30. The number of para-hydroxylation sites is 1. The molecule has 1 saturated carbocycles. The van der Waals surface area contributed by atoms with Crippen molar-refractivity contribution in [2.75, 3.05) is 13.2 Å². The van der Waals surface area contributed by atoms with Crippen LogP contribution in [0.25, 0.3) is 0 Å². The number of rotatable bonds is 6. The van der Waals surface area contributed by atoms with E-state index in [1.54, 1.807) is 0 Å². The summed E-state index contributed by atoms with van der Waals surface area (Å²) in [6.07, 6.45) is 5.00. The summed E-state index contributed by atoms with van der Waals surface area (Å²) >= 11 is 6.24. The molecule has 4 heteroatoms. The van der Waals surface area contributed by atoms with Crippen molar-refractivity contribution in [1.29, 1.82) is 0 Å². The molecule has 0 aliphatic heterocycles. The average molecular weight is 298 g/mol. The minimum absolute atomic E-state index is 0.329. The lowest BCUT2D eigenvalue weighted by Gasteiger charge is -2.32. The number of hydrogen-bond donors (Lipinski definition) is 2. The van der Waals surface area contributed by atoms with E-state index in [4.69, 9.17) is 16.3 Å². The highest BCUT2D eigenvalue weighted by atomic mass is 35.5. The standard InChI is InChI=1S/C16H24ClNO2/c1-2-18-11-13-7-6-8-14(17)15(13)20-12-16(19)9-4-3-5-10-16/h6-8,18-19H,2-5,9-12H2,1H3. The highest BCUT2D eigenvalue weighted by molar-refractivity contribution is 6.32. The van der Waals surface area contributed by atoms with E-state index >= 15 is 0 Å². The van der Waals surface area contributed by atoms with E-state index in [1.807, 2.05) is 18.2 Å². The topological polar surface area (TPSA) is 41.5 Å². The summed E-state index contributed by atoms with van der Waals surface area (Å²) in [5, 5.41) is 14.4. The summed E-state index contributed by atoms with van der Waals surface area (Å²) in [5.41, 5.74) is 0.353. The second-order valence-electron chi connectivity index (χ2n) is 5.58. The lowest BCUT2D eigenvalue weighted by Crippen LogP contribution is -2.38. The van der Waals surface area contributed by atoms with Crippen molar-refractivity contribution in [3.8, 4) is 5.75 Å². The number of ether oxygens (including phenoxy) is 1. The van der Waals surface area contributed by atoms with Crippen molar-refractivity contribution in [1.82, 2.24) is 5.32 Å². The summed E-state index contributed by atoms with van der Waals surface area (Å²) < 4.78 is 5.89. The van der Waals surface area contributed by atoms with Gasteiger partial charge in [0.15, 0.2) is 0 Å². The van der Waals surface area contributed by atoms with Crippen LogP contribution in [-0.4, -0.2) is 23.9 Å². The average Bonchev–Trinajstić information content (AvgIpc) is 2.45. The van der Waals surface area contributed by atoms with Gasteiger partial charge >= 0.3 is 0 Å². The van der Waals surface area contributed by atoms with Crippen LogP contribution in [0.5, 0.6) is 5.75 Å². The Morgan fingerprint density at radius 1 is 1.30 bits per heavy atom. The third-order valence-electron chi connectivity index (χ3n) is 3.88. The number of aliphatic hydroxyl groups is 1. The van der Waals surface area contributed by atoms with Gasteiger partial charge in [0.2, 0.25) is 0 Å². The molecule has 0 radical (unpaired) electrons. The molecule has 3 nitrogen and oxygen atoms in total. The van der Waals surface area contributed by atoms with Gasteiger partial charge in [0.25, 0.3) is 0 Å². The Bertz CT molecular complexity index is 430. The van der Waals surface area contributed by atoms with Crippen LogP contribution in [-0.2, 0) is 6.54 Å². The first kappa shape index (κ1) is 15.6. The second-order valence-corrected chi connectivity index (χ2v) is 5.99. The Hall–Kier alpha value is -0.770. The number of nitrogens with one attached hydrogen (secondary N) is 1. The maximum atomic E-state index is 10.5. The zero-order valence-electron chi connectivity index (χ0n) is 12.1. The van der Waals surface area contributed by atoms with Crippen LogP contribution < -0.4 is 10.1 Å². The van der Waals surface area contributed by atoms with E-state index in [0.29, 0.717) is 17.4 Å². The maximum absolute atomic E-state index is 10.5. The molecule has 1 aliphatic rings. The lowest BCUT2D eigenvalue weighted by atomic mass is 9.85. The predicted octanol–water partition coefficient (Wildman–Crippen LogP) is 3.52. The molecular weight excluding hydrogens is 274 g/mol. The molecule has 0 unspecified atom stereocenters. The number of hydrogen-bond acceptors (Lipinski definition) is 3. The summed E-state index contributed by atoms with van der Waals surface area (Å²) in [7, 11) is 0. The monoisotopic (exact) mass is 297 g/mol. The van der Waals surface area contributed by atoms with Crippen LogP contribution in [0.2, 0.25) is 5.02 Å². The first-order chi connectivity index (χ1) is 9.64. The molecule has 0 saturated heterocycles. The fourth-order valence-electron chi connectivity index (χ4n) is 2.67. The highest BCUT2D eigenvalue weighted by Crippen LogP contribution is 2.32. The normalized spacial score (nSPS) is 17.9. The van der Waals surface area contributed by atoms with Crippen LogP contribution in [0.15, 0.2) is 18.2 Å². The van der Waals surface area contributed by atoms with Crippen LogP contribution in [0.4, 0.5) is 0 Å². The molecule has 1 fully saturated rings. The van der Waals surface area contributed by atoms with E-state index in [9.17, 15) is 5.11 Å². The molecule has 112 valence electrons. The third kappa shape index (κ3) is 4.11. The molecule has 1 aromatic carbocycles. The molecule has 1 aliphatic carbocycles. The van der Waals surface area contributed by atoms with Crippen molar-refractivity contribution in [3.63, 3.8) is 0 Å². The summed E-state index contributed by atoms with van der Waals surface area (Å²) in [5.74, 6) is 0.703. The van der Waals surface area contributed by atoms with Crippen LogP contribution in [0, 0.1) is 0 Å². The molecule has 0 atom stereocenters. The summed E-state index contributed by atoms with van der Waals surface area (Å²) in [6.45, 7) is 4.02. The Balaban J connectivity index is 2.04. The molecule has 0 aromatic heterocycles. The molecule has 0 heterocycles. The highest BCUT2D eigenvalue weighted by Gasteiger charge is 2.30. The third-order valence-corrected chi connectivity index (χ3v) is 4.18. The first-order valence-corrected chi connectivity index (χ1v) is 7.86. The summed E-state index contributed by atoms with van der Waals surface area (Å²) in [6, 6.07) is 5.77. The van der Waals surface area contributed by atoms with E-state index in [1.165, 1.54) is 6.42 Å². The van der Waals surface area contributed by atoms with Gasteiger partial charge in [-0.05, 0) is 25.5 Å². The van der Waals surface area contributed by atoms with Gasteiger partial charge in [0.05, 0.1) is 10.6 Å². The molecule has 0 amide bonds. The number of halogens is 1. The van der Waals surface area contributed by atoms with Gasteiger partial charge in [-0.3, -0.25) is 0 Å².